The van der Waals surface area contributed by atoms with Crippen LogP contribution in [0.15, 0.2) is 30.4 Å². The molecular weight excluding hydrogens is 543 g/mol. The Morgan fingerprint density at radius 3 is 2.71 bits per heavy atom. The topological polar surface area (TPSA) is 77.6 Å². The first-order chi connectivity index (χ1) is 20.0. The van der Waals surface area contributed by atoms with Gasteiger partial charge in [-0.15, -0.1) is 0 Å². The van der Waals surface area contributed by atoms with E-state index in [0.29, 0.717) is 37.0 Å². The average molecular weight is 588 g/mol. The normalized spacial score (nSPS) is 27.7. The lowest BCUT2D eigenvalue weighted by Gasteiger charge is -2.45. The first-order valence-corrected chi connectivity index (χ1v) is 15.8. The Balaban J connectivity index is 1.11. The molecule has 3 heterocycles. The smallest absolute Gasteiger partial charge is 0.388 e. The first kappa shape index (κ1) is 29.7. The fourth-order valence-corrected chi connectivity index (χ4v) is 8.16. The molecule has 42 heavy (non-hydrogen) atoms. The largest absolute Gasteiger partial charge is 0.416 e. The summed E-state index contributed by atoms with van der Waals surface area (Å²) < 4.78 is 46.2. The van der Waals surface area contributed by atoms with Gasteiger partial charge in [0, 0.05) is 42.9 Å². The van der Waals surface area contributed by atoms with E-state index in [4.69, 9.17) is 4.74 Å². The van der Waals surface area contributed by atoms with Gasteiger partial charge in [-0.2, -0.15) is 13.2 Å². The van der Waals surface area contributed by atoms with Gasteiger partial charge in [0.05, 0.1) is 11.2 Å². The second-order valence-corrected chi connectivity index (χ2v) is 13.5. The highest BCUT2D eigenvalue weighted by atomic mass is 19.4. The molecule has 0 radical (unpaired) electrons. The maximum Gasteiger partial charge on any atom is 0.416 e. The second-order valence-electron chi connectivity index (χ2n) is 13.5. The number of fused-ring (bicyclic) bond motifs is 4. The minimum Gasteiger partial charge on any atom is -0.388 e. The third kappa shape index (κ3) is 6.15. The minimum atomic E-state index is -4.35. The number of aromatic amines is 1. The molecule has 9 heteroatoms. The number of aromatic nitrogens is 1. The summed E-state index contributed by atoms with van der Waals surface area (Å²) in [7, 11) is 0. The summed E-state index contributed by atoms with van der Waals surface area (Å²) in [6.07, 6.45) is 7.52. The number of rotatable bonds is 7. The molecule has 0 spiro atoms. The van der Waals surface area contributed by atoms with Gasteiger partial charge in [0.15, 0.2) is 0 Å². The van der Waals surface area contributed by atoms with Gasteiger partial charge in [0.2, 0.25) is 5.91 Å². The van der Waals surface area contributed by atoms with Gasteiger partial charge in [-0.25, -0.2) is 0 Å². The molecule has 1 amide bonds. The molecule has 0 unspecified atom stereocenters. The number of alkyl halides is 3. The van der Waals surface area contributed by atoms with E-state index < -0.39 is 17.3 Å². The van der Waals surface area contributed by atoms with Crippen molar-refractivity contribution in [2.24, 2.45) is 17.3 Å². The number of halogens is 3. The lowest BCUT2D eigenvalue weighted by atomic mass is 9.68. The lowest BCUT2D eigenvalue weighted by Crippen LogP contribution is -2.46. The van der Waals surface area contributed by atoms with Crippen LogP contribution < -0.4 is 5.32 Å². The van der Waals surface area contributed by atoms with E-state index in [9.17, 15) is 23.1 Å². The van der Waals surface area contributed by atoms with Crippen LogP contribution in [0.4, 0.5) is 13.2 Å². The number of nitrogens with zero attached hydrogens (tertiary/aromatic N) is 1. The number of amides is 1. The molecule has 3 atom stereocenters. The third-order valence-electron chi connectivity index (χ3n) is 10.8. The number of likely N-dealkylation sites (tertiary alicyclic amines) is 1. The van der Waals surface area contributed by atoms with Crippen LogP contribution in [0, 0.1) is 17.3 Å². The number of piperidine rings is 1. The number of ether oxygens (including phenoxy) is 1. The van der Waals surface area contributed by atoms with Crippen molar-refractivity contribution in [2.75, 3.05) is 39.4 Å². The van der Waals surface area contributed by atoms with E-state index in [1.807, 2.05) is 0 Å². The highest BCUT2D eigenvalue weighted by molar-refractivity contribution is 5.87. The van der Waals surface area contributed by atoms with Crippen LogP contribution in [0.2, 0.25) is 0 Å². The zero-order chi connectivity index (χ0) is 29.5. The quantitative estimate of drug-likeness (QED) is 0.350. The van der Waals surface area contributed by atoms with E-state index in [1.165, 1.54) is 12.1 Å². The molecule has 6 nitrogen and oxygen atoms in total. The number of carbonyl (C=O) groups is 1. The fourth-order valence-electron chi connectivity index (χ4n) is 8.16. The van der Waals surface area contributed by atoms with E-state index in [2.05, 4.69) is 28.2 Å². The Bertz CT molecular complexity index is 1310. The Morgan fingerprint density at radius 1 is 1.21 bits per heavy atom. The SMILES string of the molecule is C[C@H]1c2c([nH]c3ccc(C(F)(F)F)cc23)C[C@H]2CCN(CCC3(C=CC(=O)NCC4(O)CCCC4)CCOCC3)C[C@@H]21. The standard InChI is InChI=1S/C33H44F3N3O3/c1-22-26-20-39(14-7-23(26)18-28-30(22)25-19-24(33(34,35)36)4-5-27(25)38-28)15-11-31(12-16-42-17-13-31)10-6-29(40)37-21-32(41)8-2-3-9-32/h4-6,10,19,22-23,26,38,41H,2-3,7-9,11-18,20-21H2,1H3,(H,37,40)/t22-,23-,26-/m1/s1. The van der Waals surface area contributed by atoms with Gasteiger partial charge in [0.25, 0.3) is 0 Å². The van der Waals surface area contributed by atoms with E-state index in [1.54, 1.807) is 12.1 Å². The van der Waals surface area contributed by atoms with Gasteiger partial charge in [-0.3, -0.25) is 4.79 Å². The van der Waals surface area contributed by atoms with E-state index in [-0.39, 0.29) is 17.2 Å². The molecule has 2 aromatic rings. The molecule has 3 fully saturated rings. The van der Waals surface area contributed by atoms with Crippen LogP contribution >= 0.6 is 0 Å². The van der Waals surface area contributed by atoms with E-state index in [0.717, 1.165) is 94.2 Å². The zero-order valence-electron chi connectivity index (χ0n) is 24.6. The molecule has 3 N–H and O–H groups in total. The molecule has 2 aliphatic carbocycles. The van der Waals surface area contributed by atoms with Crippen molar-refractivity contribution in [3.63, 3.8) is 0 Å². The molecular formula is C33H44F3N3O3. The van der Waals surface area contributed by atoms with Gasteiger partial charge >= 0.3 is 6.18 Å². The third-order valence-corrected chi connectivity index (χ3v) is 10.8. The Morgan fingerprint density at radius 2 is 1.98 bits per heavy atom. The second kappa shape index (κ2) is 11.6. The van der Waals surface area contributed by atoms with Crippen LogP contribution in [0.1, 0.15) is 81.0 Å². The Kier molecular flexibility index (Phi) is 8.22. The summed E-state index contributed by atoms with van der Waals surface area (Å²) in [4.78, 5) is 18.6. The summed E-state index contributed by atoms with van der Waals surface area (Å²) in [5.74, 6) is 0.942. The van der Waals surface area contributed by atoms with Crippen LogP contribution in [0.25, 0.3) is 10.9 Å². The van der Waals surface area contributed by atoms with Crippen molar-refractivity contribution in [3.8, 4) is 0 Å². The van der Waals surface area contributed by atoms with Gasteiger partial charge < -0.3 is 25.0 Å². The number of nitrogens with one attached hydrogen (secondary N) is 2. The average Bonchev–Trinajstić information content (AvgIpc) is 3.57. The zero-order valence-corrected chi connectivity index (χ0v) is 24.6. The van der Waals surface area contributed by atoms with Gasteiger partial charge in [-0.05, 0) is 111 Å². The maximum atomic E-state index is 13.5. The highest BCUT2D eigenvalue weighted by Crippen LogP contribution is 2.47. The number of benzene rings is 1. The van der Waals surface area contributed by atoms with Crippen LogP contribution in [0.3, 0.4) is 0 Å². The van der Waals surface area contributed by atoms with Gasteiger partial charge in [-0.1, -0.05) is 25.8 Å². The molecule has 1 aromatic carbocycles. The van der Waals surface area contributed by atoms with Crippen molar-refractivity contribution < 1.29 is 27.8 Å². The number of carbonyl (C=O) groups excluding carboxylic acids is 1. The van der Waals surface area contributed by atoms with Crippen molar-refractivity contribution in [1.29, 1.82) is 0 Å². The maximum absolute atomic E-state index is 13.5. The molecule has 2 saturated heterocycles. The molecule has 6 rings (SSSR count). The first-order valence-electron chi connectivity index (χ1n) is 15.8. The number of aliphatic hydroxyl groups is 1. The summed E-state index contributed by atoms with van der Waals surface area (Å²) in [5.41, 5.74) is 1.51. The van der Waals surface area contributed by atoms with Crippen LogP contribution in [-0.2, 0) is 22.1 Å². The molecule has 2 aliphatic heterocycles. The van der Waals surface area contributed by atoms with Crippen molar-refractivity contribution >= 4 is 16.8 Å². The Labute approximate surface area is 246 Å². The number of hydrogen-bond donors (Lipinski definition) is 3. The summed E-state index contributed by atoms with van der Waals surface area (Å²) >= 11 is 0. The Hall–Kier alpha value is -2.36. The monoisotopic (exact) mass is 587 g/mol. The summed E-state index contributed by atoms with van der Waals surface area (Å²) in [5, 5.41) is 14.2. The van der Waals surface area contributed by atoms with Crippen molar-refractivity contribution in [3.05, 3.63) is 47.2 Å². The fraction of sp³-hybridized carbons (Fsp3) is 0.667. The predicted octanol–water partition coefficient (Wildman–Crippen LogP) is 5.95. The summed E-state index contributed by atoms with van der Waals surface area (Å²) in [6, 6.07) is 4.08. The van der Waals surface area contributed by atoms with Crippen molar-refractivity contribution in [2.45, 2.75) is 82.4 Å². The van der Waals surface area contributed by atoms with Crippen LogP contribution in [0.5, 0.6) is 0 Å². The number of H-pyrrole nitrogens is 1. The molecule has 4 aliphatic rings. The predicted molar refractivity (Wildman–Crippen MR) is 156 cm³/mol. The number of hydrogen-bond acceptors (Lipinski definition) is 4. The number of allylic oxidation sites excluding steroid dienone is 1. The molecule has 0 bridgehead atoms. The van der Waals surface area contributed by atoms with Gasteiger partial charge in [0.1, 0.15) is 0 Å². The molecule has 1 aromatic heterocycles. The molecule has 1 saturated carbocycles. The lowest BCUT2D eigenvalue weighted by molar-refractivity contribution is -0.137. The molecule has 230 valence electrons. The highest BCUT2D eigenvalue weighted by Gasteiger charge is 2.41. The van der Waals surface area contributed by atoms with Crippen LogP contribution in [-0.4, -0.2) is 65.9 Å². The van der Waals surface area contributed by atoms with Crippen molar-refractivity contribution in [1.82, 2.24) is 15.2 Å². The minimum absolute atomic E-state index is 0.104. The van der Waals surface area contributed by atoms with E-state index >= 15 is 0 Å². The summed E-state index contributed by atoms with van der Waals surface area (Å²) in [6.45, 7) is 6.71.